The number of para-hydroxylation sites is 1. The molecule has 0 N–H and O–H groups in total. The van der Waals surface area contributed by atoms with Gasteiger partial charge in [-0.05, 0) is 113 Å². The van der Waals surface area contributed by atoms with Crippen molar-refractivity contribution in [2.24, 2.45) is 0 Å². The predicted octanol–water partition coefficient (Wildman–Crippen LogP) is 14.2. The van der Waals surface area contributed by atoms with E-state index >= 15 is 0 Å². The van der Waals surface area contributed by atoms with Crippen molar-refractivity contribution >= 4 is 32.4 Å². The first-order valence-corrected chi connectivity index (χ1v) is 19.1. The van der Waals surface area contributed by atoms with Crippen LogP contribution in [0, 0.1) is 0 Å². The van der Waals surface area contributed by atoms with Crippen molar-refractivity contribution in [1.29, 1.82) is 0 Å². The number of hydrogen-bond donors (Lipinski definition) is 0. The molecule has 1 aromatic heterocycles. The van der Waals surface area contributed by atoms with Crippen LogP contribution < -0.4 is 0 Å². The molecule has 0 bridgehead atoms. The summed E-state index contributed by atoms with van der Waals surface area (Å²) in [6.07, 6.45) is 0. The average molecular weight is 690 g/mol. The first-order valence-electron chi connectivity index (χ1n) is 19.1. The highest BCUT2D eigenvalue weighted by Gasteiger charge is 2.38. The third-order valence-corrected chi connectivity index (χ3v) is 12.7. The lowest BCUT2D eigenvalue weighted by Gasteiger charge is -2.23. The number of pyridine rings is 1. The van der Waals surface area contributed by atoms with Gasteiger partial charge < -0.3 is 0 Å². The van der Waals surface area contributed by atoms with Crippen LogP contribution in [0.5, 0.6) is 0 Å². The van der Waals surface area contributed by atoms with E-state index < -0.39 is 0 Å². The summed E-state index contributed by atoms with van der Waals surface area (Å²) in [5.74, 6) is 0. The maximum Gasteiger partial charge on any atom is 0.0722 e. The largest absolute Gasteiger partial charge is 0.248 e. The van der Waals surface area contributed by atoms with E-state index in [1.54, 1.807) is 0 Å². The third-order valence-electron chi connectivity index (χ3n) is 12.7. The summed E-state index contributed by atoms with van der Waals surface area (Å²) in [4.78, 5) is 5.31. The molecule has 0 saturated heterocycles. The quantitative estimate of drug-likeness (QED) is 0.168. The van der Waals surface area contributed by atoms with E-state index in [4.69, 9.17) is 4.98 Å². The normalized spacial score (nSPS) is 14.6. The molecule has 11 rings (SSSR count). The lowest BCUT2D eigenvalue weighted by molar-refractivity contribution is 0.660. The van der Waals surface area contributed by atoms with Crippen LogP contribution in [0.15, 0.2) is 164 Å². The Labute approximate surface area is 316 Å². The van der Waals surface area contributed by atoms with Gasteiger partial charge in [-0.3, -0.25) is 0 Å². The molecule has 9 aromatic rings. The summed E-state index contributed by atoms with van der Waals surface area (Å²) in [6, 6.07) is 61.0. The van der Waals surface area contributed by atoms with Gasteiger partial charge in [0.25, 0.3) is 0 Å². The van der Waals surface area contributed by atoms with Gasteiger partial charge in [0, 0.05) is 21.8 Å². The zero-order chi connectivity index (χ0) is 36.3. The number of rotatable bonds is 3. The van der Waals surface area contributed by atoms with E-state index in [2.05, 4.69) is 191 Å². The standard InChI is InChI=1S/C53H39N/c1-52(2)44-21-11-9-18-40(44)50-41(19-13-22-45(50)52)49-37-16-6-7-17-38(37)51(48-29-26-32-14-5-12-23-47(32)54-48)39-28-25-33(30-42(39)49)34-24-27-36-35-15-8-10-20-43(35)53(3,4)46(36)31-34/h5-31H,1-4H3. The Balaban J connectivity index is 1.24. The van der Waals surface area contributed by atoms with Gasteiger partial charge >= 0.3 is 0 Å². The SMILES string of the molecule is CC1(C)c2ccccc2-c2ccc(-c3ccc4c(-c5ccc6ccccc6n5)c5ccccc5c(-c5cccc6c5-c5ccccc5C6(C)C)c4c3)cc21. The Hall–Kier alpha value is -6.31. The second-order valence-corrected chi connectivity index (χ2v) is 16.3. The van der Waals surface area contributed by atoms with E-state index in [9.17, 15) is 0 Å². The van der Waals surface area contributed by atoms with Crippen LogP contribution in [0.4, 0.5) is 0 Å². The maximum atomic E-state index is 5.31. The summed E-state index contributed by atoms with van der Waals surface area (Å²) >= 11 is 0. The van der Waals surface area contributed by atoms with E-state index in [0.29, 0.717) is 0 Å². The molecular formula is C53H39N. The number of aromatic nitrogens is 1. The molecule has 256 valence electrons. The maximum absolute atomic E-state index is 5.31. The molecule has 54 heavy (non-hydrogen) atoms. The minimum Gasteiger partial charge on any atom is -0.248 e. The Morgan fingerprint density at radius 1 is 0.352 bits per heavy atom. The molecule has 0 fully saturated rings. The van der Waals surface area contributed by atoms with Crippen molar-refractivity contribution in [3.05, 3.63) is 186 Å². The Morgan fingerprint density at radius 2 is 0.926 bits per heavy atom. The van der Waals surface area contributed by atoms with E-state index in [1.165, 1.54) is 93.9 Å². The monoisotopic (exact) mass is 689 g/mol. The van der Waals surface area contributed by atoms with Crippen molar-refractivity contribution in [2.45, 2.75) is 38.5 Å². The molecular weight excluding hydrogens is 651 g/mol. The van der Waals surface area contributed by atoms with Crippen molar-refractivity contribution in [3.63, 3.8) is 0 Å². The Morgan fingerprint density at radius 3 is 1.76 bits per heavy atom. The second-order valence-electron chi connectivity index (χ2n) is 16.3. The minimum absolute atomic E-state index is 0.0696. The molecule has 0 amide bonds. The zero-order valence-corrected chi connectivity index (χ0v) is 31.0. The Kier molecular flexibility index (Phi) is 6.42. The van der Waals surface area contributed by atoms with Crippen LogP contribution in [-0.4, -0.2) is 4.98 Å². The molecule has 0 atom stereocenters. The van der Waals surface area contributed by atoms with E-state index in [-0.39, 0.29) is 10.8 Å². The van der Waals surface area contributed by atoms with E-state index in [1.807, 2.05) is 0 Å². The molecule has 2 aliphatic carbocycles. The lowest BCUT2D eigenvalue weighted by atomic mass is 9.80. The highest BCUT2D eigenvalue weighted by atomic mass is 14.7. The van der Waals surface area contributed by atoms with Crippen molar-refractivity contribution < 1.29 is 0 Å². The molecule has 2 aliphatic rings. The highest BCUT2D eigenvalue weighted by Crippen LogP contribution is 2.55. The predicted molar refractivity (Wildman–Crippen MR) is 228 cm³/mol. The average Bonchev–Trinajstić information content (AvgIpc) is 3.59. The zero-order valence-electron chi connectivity index (χ0n) is 31.0. The first kappa shape index (κ1) is 31.2. The second kappa shape index (κ2) is 11.1. The summed E-state index contributed by atoms with van der Waals surface area (Å²) in [5.41, 5.74) is 19.0. The van der Waals surface area contributed by atoms with Gasteiger partial charge in [-0.25, -0.2) is 4.98 Å². The molecule has 0 radical (unpaired) electrons. The van der Waals surface area contributed by atoms with Crippen LogP contribution in [0.3, 0.4) is 0 Å². The van der Waals surface area contributed by atoms with Gasteiger partial charge in [-0.2, -0.15) is 0 Å². The lowest BCUT2D eigenvalue weighted by Crippen LogP contribution is -2.14. The van der Waals surface area contributed by atoms with E-state index in [0.717, 1.165) is 16.6 Å². The molecule has 0 saturated carbocycles. The van der Waals surface area contributed by atoms with Crippen molar-refractivity contribution in [3.8, 4) is 55.8 Å². The smallest absolute Gasteiger partial charge is 0.0722 e. The molecule has 1 nitrogen and oxygen atoms in total. The molecule has 1 heteroatoms. The van der Waals surface area contributed by atoms with Gasteiger partial charge in [-0.1, -0.05) is 167 Å². The third kappa shape index (κ3) is 4.24. The molecule has 1 heterocycles. The van der Waals surface area contributed by atoms with Crippen molar-refractivity contribution in [2.75, 3.05) is 0 Å². The van der Waals surface area contributed by atoms with Gasteiger partial charge in [0.2, 0.25) is 0 Å². The number of nitrogens with zero attached hydrogens (tertiary/aromatic N) is 1. The van der Waals surface area contributed by atoms with Crippen LogP contribution in [-0.2, 0) is 10.8 Å². The van der Waals surface area contributed by atoms with Gasteiger partial charge in [0.15, 0.2) is 0 Å². The summed E-state index contributed by atoms with van der Waals surface area (Å²) < 4.78 is 0. The summed E-state index contributed by atoms with van der Waals surface area (Å²) in [5, 5.41) is 6.07. The van der Waals surface area contributed by atoms with Crippen LogP contribution >= 0.6 is 0 Å². The van der Waals surface area contributed by atoms with Gasteiger partial charge in [-0.15, -0.1) is 0 Å². The Bertz CT molecular complexity index is 3050. The number of hydrogen-bond acceptors (Lipinski definition) is 1. The van der Waals surface area contributed by atoms with Gasteiger partial charge in [0.1, 0.15) is 0 Å². The fourth-order valence-electron chi connectivity index (χ4n) is 9.98. The summed E-state index contributed by atoms with van der Waals surface area (Å²) in [6.45, 7) is 9.48. The molecule has 0 aliphatic heterocycles. The fraction of sp³-hybridized carbons (Fsp3) is 0.113. The van der Waals surface area contributed by atoms with Crippen LogP contribution in [0.1, 0.15) is 49.9 Å². The topological polar surface area (TPSA) is 12.9 Å². The molecule has 8 aromatic carbocycles. The fourth-order valence-corrected chi connectivity index (χ4v) is 9.98. The van der Waals surface area contributed by atoms with Crippen LogP contribution in [0.2, 0.25) is 0 Å². The highest BCUT2D eigenvalue weighted by molar-refractivity contribution is 6.23. The summed E-state index contributed by atoms with van der Waals surface area (Å²) in [7, 11) is 0. The minimum atomic E-state index is -0.0948. The number of benzene rings is 8. The van der Waals surface area contributed by atoms with Crippen LogP contribution in [0.25, 0.3) is 88.2 Å². The molecule has 0 spiro atoms. The van der Waals surface area contributed by atoms with Gasteiger partial charge in [0.05, 0.1) is 11.2 Å². The molecule has 0 unspecified atom stereocenters. The number of fused-ring (bicyclic) bond motifs is 9. The van der Waals surface area contributed by atoms with Crippen molar-refractivity contribution in [1.82, 2.24) is 4.98 Å². The first-order chi connectivity index (χ1) is 26.3.